The van der Waals surface area contributed by atoms with E-state index in [-0.39, 0.29) is 11.8 Å². The molecule has 0 radical (unpaired) electrons. The van der Waals surface area contributed by atoms with E-state index in [0.717, 1.165) is 16.8 Å². The summed E-state index contributed by atoms with van der Waals surface area (Å²) in [6.07, 6.45) is 0. The molecule has 0 bridgehead atoms. The number of nitrogens with zero attached hydrogens (tertiary/aromatic N) is 1. The molecule has 2 rings (SSSR count). The van der Waals surface area contributed by atoms with Crippen molar-refractivity contribution < 1.29 is 9.59 Å². The van der Waals surface area contributed by atoms with Crippen molar-refractivity contribution in [2.75, 3.05) is 18.0 Å². The van der Waals surface area contributed by atoms with Crippen LogP contribution >= 0.6 is 0 Å². The largest absolute Gasteiger partial charge is 0.350 e. The summed E-state index contributed by atoms with van der Waals surface area (Å²) in [5.74, 6) is -0.164. The first kappa shape index (κ1) is 16.7. The monoisotopic (exact) mass is 310 g/mol. The van der Waals surface area contributed by atoms with Gasteiger partial charge in [-0.15, -0.1) is 0 Å². The summed E-state index contributed by atoms with van der Waals surface area (Å²) < 4.78 is 0. The van der Waals surface area contributed by atoms with Gasteiger partial charge in [-0.1, -0.05) is 30.3 Å². The molecule has 0 atom stereocenters. The molecule has 120 valence electrons. The number of amides is 2. The van der Waals surface area contributed by atoms with Gasteiger partial charge in [0, 0.05) is 31.3 Å². The molecule has 2 amide bonds. The third kappa shape index (κ3) is 4.19. The second kappa shape index (κ2) is 7.58. The normalized spacial score (nSPS) is 10.2. The lowest BCUT2D eigenvalue weighted by molar-refractivity contribution is -0.116. The van der Waals surface area contributed by atoms with Gasteiger partial charge >= 0.3 is 0 Å². The summed E-state index contributed by atoms with van der Waals surface area (Å²) in [6, 6.07) is 15.0. The van der Waals surface area contributed by atoms with Crippen molar-refractivity contribution in [3.05, 3.63) is 65.2 Å². The second-order valence-electron chi connectivity index (χ2n) is 5.51. The molecule has 0 aliphatic rings. The number of hydrogen-bond donors (Lipinski definition) is 1. The van der Waals surface area contributed by atoms with Crippen LogP contribution in [0.25, 0.3) is 0 Å². The Balaban J connectivity index is 2.02. The average molecular weight is 310 g/mol. The summed E-state index contributed by atoms with van der Waals surface area (Å²) >= 11 is 0. The molecule has 2 aromatic rings. The maximum Gasteiger partial charge on any atom is 0.251 e. The highest BCUT2D eigenvalue weighted by atomic mass is 16.2. The minimum atomic E-state index is -0.130. The van der Waals surface area contributed by atoms with Crippen LogP contribution in [0, 0.1) is 13.8 Å². The number of carbonyl (C=O) groups is 2. The lowest BCUT2D eigenvalue weighted by Crippen LogP contribution is -2.38. The van der Waals surface area contributed by atoms with Gasteiger partial charge in [0.05, 0.1) is 0 Å². The topological polar surface area (TPSA) is 49.4 Å². The van der Waals surface area contributed by atoms with E-state index in [1.165, 1.54) is 0 Å². The van der Waals surface area contributed by atoms with Gasteiger partial charge < -0.3 is 10.2 Å². The smallest absolute Gasteiger partial charge is 0.251 e. The van der Waals surface area contributed by atoms with Gasteiger partial charge in [0.1, 0.15) is 0 Å². The van der Waals surface area contributed by atoms with Crippen LogP contribution in [0.5, 0.6) is 0 Å². The van der Waals surface area contributed by atoms with Crippen molar-refractivity contribution in [3.63, 3.8) is 0 Å². The lowest BCUT2D eigenvalue weighted by Gasteiger charge is -2.24. The number of benzene rings is 2. The maximum atomic E-state index is 12.0. The number of carbonyl (C=O) groups excluding carboxylic acids is 2. The lowest BCUT2D eigenvalue weighted by atomic mass is 10.1. The molecular weight excluding hydrogens is 288 g/mol. The second-order valence-corrected chi connectivity index (χ2v) is 5.51. The van der Waals surface area contributed by atoms with Crippen molar-refractivity contribution in [3.8, 4) is 0 Å². The van der Waals surface area contributed by atoms with E-state index in [2.05, 4.69) is 5.32 Å². The minimum Gasteiger partial charge on any atom is -0.350 e. The van der Waals surface area contributed by atoms with Gasteiger partial charge in [0.15, 0.2) is 0 Å². The molecule has 0 saturated carbocycles. The van der Waals surface area contributed by atoms with Gasteiger partial charge in [0.25, 0.3) is 5.91 Å². The van der Waals surface area contributed by atoms with E-state index in [9.17, 15) is 9.59 Å². The molecule has 4 heteroatoms. The predicted molar refractivity (Wildman–Crippen MR) is 92.7 cm³/mol. The summed E-state index contributed by atoms with van der Waals surface area (Å²) in [7, 11) is 0. The van der Waals surface area contributed by atoms with Crippen LogP contribution in [-0.2, 0) is 4.79 Å². The first-order valence-corrected chi connectivity index (χ1v) is 7.68. The number of hydrogen-bond acceptors (Lipinski definition) is 2. The third-order valence-electron chi connectivity index (χ3n) is 3.90. The first-order valence-electron chi connectivity index (χ1n) is 7.68. The summed E-state index contributed by atoms with van der Waals surface area (Å²) in [4.78, 5) is 25.7. The van der Waals surface area contributed by atoms with Crippen LogP contribution in [0.15, 0.2) is 48.5 Å². The quantitative estimate of drug-likeness (QED) is 0.922. The summed E-state index contributed by atoms with van der Waals surface area (Å²) in [5.41, 5.74) is 3.74. The van der Waals surface area contributed by atoms with E-state index >= 15 is 0 Å². The Morgan fingerprint density at radius 2 is 1.70 bits per heavy atom. The Morgan fingerprint density at radius 3 is 2.35 bits per heavy atom. The summed E-state index contributed by atoms with van der Waals surface area (Å²) in [6.45, 7) is 6.41. The molecule has 4 nitrogen and oxygen atoms in total. The first-order chi connectivity index (χ1) is 11.0. The number of aryl methyl sites for hydroxylation is 1. The Bertz CT molecular complexity index is 696. The van der Waals surface area contributed by atoms with Crippen LogP contribution in [0.2, 0.25) is 0 Å². The molecule has 0 fully saturated rings. The van der Waals surface area contributed by atoms with E-state index < -0.39 is 0 Å². The Morgan fingerprint density at radius 1 is 1.00 bits per heavy atom. The zero-order valence-electron chi connectivity index (χ0n) is 13.8. The molecule has 2 aromatic carbocycles. The van der Waals surface area contributed by atoms with E-state index in [4.69, 9.17) is 0 Å². The van der Waals surface area contributed by atoms with Gasteiger partial charge in [-0.3, -0.25) is 9.59 Å². The Hall–Kier alpha value is -2.62. The Labute approximate surface area is 137 Å². The van der Waals surface area contributed by atoms with E-state index in [0.29, 0.717) is 18.7 Å². The fraction of sp³-hybridized carbons (Fsp3) is 0.263. The molecule has 0 saturated heterocycles. The zero-order valence-corrected chi connectivity index (χ0v) is 13.8. The molecule has 23 heavy (non-hydrogen) atoms. The van der Waals surface area contributed by atoms with Crippen LogP contribution in [-0.4, -0.2) is 24.9 Å². The van der Waals surface area contributed by atoms with Crippen LogP contribution in [0.3, 0.4) is 0 Å². The zero-order chi connectivity index (χ0) is 16.8. The molecule has 0 aliphatic heterocycles. The molecule has 1 N–H and O–H groups in total. The summed E-state index contributed by atoms with van der Waals surface area (Å²) in [5, 5.41) is 2.86. The average Bonchev–Trinajstić information content (AvgIpc) is 2.55. The standard InChI is InChI=1S/C19H22N2O2/c1-14-8-7-11-18(15(14)2)21(16(3)22)13-12-20-19(23)17-9-5-4-6-10-17/h4-11H,12-13H2,1-3H3,(H,20,23). The number of rotatable bonds is 5. The van der Waals surface area contributed by atoms with Crippen molar-refractivity contribution >= 4 is 17.5 Å². The van der Waals surface area contributed by atoms with Gasteiger partial charge in [-0.25, -0.2) is 0 Å². The minimum absolute atomic E-state index is 0.0346. The van der Waals surface area contributed by atoms with Crippen molar-refractivity contribution in [1.82, 2.24) is 5.32 Å². The molecule has 0 aromatic heterocycles. The predicted octanol–water partition coefficient (Wildman–Crippen LogP) is 3.09. The highest BCUT2D eigenvalue weighted by Crippen LogP contribution is 2.22. The van der Waals surface area contributed by atoms with Gasteiger partial charge in [0.2, 0.25) is 5.91 Å². The molecule has 0 spiro atoms. The van der Waals surface area contributed by atoms with Crippen LogP contribution in [0.4, 0.5) is 5.69 Å². The number of anilines is 1. The Kier molecular flexibility index (Phi) is 5.52. The SMILES string of the molecule is CC(=O)N(CCNC(=O)c1ccccc1)c1cccc(C)c1C. The van der Waals surface area contributed by atoms with Crippen LogP contribution in [0.1, 0.15) is 28.4 Å². The van der Waals surface area contributed by atoms with Crippen molar-refractivity contribution in [1.29, 1.82) is 0 Å². The number of nitrogens with one attached hydrogen (secondary N) is 1. The molecule has 0 aliphatic carbocycles. The maximum absolute atomic E-state index is 12.0. The highest BCUT2D eigenvalue weighted by Gasteiger charge is 2.15. The van der Waals surface area contributed by atoms with Gasteiger partial charge in [-0.05, 0) is 43.2 Å². The molecule has 0 heterocycles. The molecule has 0 unspecified atom stereocenters. The van der Waals surface area contributed by atoms with Gasteiger partial charge in [-0.2, -0.15) is 0 Å². The highest BCUT2D eigenvalue weighted by molar-refractivity contribution is 5.95. The fourth-order valence-electron chi connectivity index (χ4n) is 2.45. The third-order valence-corrected chi connectivity index (χ3v) is 3.90. The fourth-order valence-corrected chi connectivity index (χ4v) is 2.45. The molecular formula is C19H22N2O2. The van der Waals surface area contributed by atoms with E-state index in [1.54, 1.807) is 24.0 Å². The van der Waals surface area contributed by atoms with E-state index in [1.807, 2.05) is 50.2 Å². The van der Waals surface area contributed by atoms with Crippen molar-refractivity contribution in [2.45, 2.75) is 20.8 Å². The van der Waals surface area contributed by atoms with Crippen LogP contribution < -0.4 is 10.2 Å². The van der Waals surface area contributed by atoms with Crippen molar-refractivity contribution in [2.24, 2.45) is 0 Å².